The minimum atomic E-state index is -3.68. The van der Waals surface area contributed by atoms with Crippen LogP contribution in [0.5, 0.6) is 5.75 Å². The van der Waals surface area contributed by atoms with Crippen LogP contribution in [-0.2, 0) is 29.5 Å². The summed E-state index contributed by atoms with van der Waals surface area (Å²) >= 11 is 3.63. The molecule has 1 heterocycles. The third-order valence-corrected chi connectivity index (χ3v) is 9.36. The predicted molar refractivity (Wildman–Crippen MR) is 147 cm³/mol. The normalized spacial score (nSPS) is 13.5. The van der Waals surface area contributed by atoms with E-state index >= 15 is 0 Å². The molecule has 190 valence electrons. The molecule has 4 nitrogen and oxygen atoms in total. The largest absolute Gasteiger partial charge is 0.506 e. The Hall–Kier alpha value is -1.81. The van der Waals surface area contributed by atoms with Crippen molar-refractivity contribution in [2.24, 2.45) is 0 Å². The Labute approximate surface area is 220 Å². The third kappa shape index (κ3) is 6.70. The maximum Gasteiger partial charge on any atom is 0.243 e. The fourth-order valence-corrected chi connectivity index (χ4v) is 6.56. The summed E-state index contributed by atoms with van der Waals surface area (Å²) in [6, 6.07) is 6.93. The molecular weight excluding hydrogens is 522 g/mol. The lowest BCUT2D eigenvalue weighted by Crippen LogP contribution is -2.25. The van der Waals surface area contributed by atoms with Crippen molar-refractivity contribution in [3.63, 3.8) is 0 Å². The number of sulfonamides is 1. The van der Waals surface area contributed by atoms with Crippen LogP contribution in [0, 0.1) is 18.8 Å². The molecule has 3 rings (SSSR count). The highest BCUT2D eigenvalue weighted by atomic mass is 79.9. The molecule has 0 saturated carbocycles. The molecule has 0 fully saturated rings. The molecule has 0 unspecified atom stereocenters. The standard InChI is InChI=1S/C29H38BrNO3S/c1-4-6-8-10-11-13-14-24-25(15-12-9-7-5-2)28(30)29(32)27-21-31(20-26(24)27)35(33,34)23-18-16-22(3)17-19-23/h16-19,32H,4-12,15,20-21H2,1-3H3. The first kappa shape index (κ1) is 27.8. The van der Waals surface area contributed by atoms with Crippen molar-refractivity contribution < 1.29 is 13.5 Å². The monoisotopic (exact) mass is 559 g/mol. The number of unbranched alkanes of at least 4 members (excludes halogenated alkanes) is 7. The maximum atomic E-state index is 13.4. The molecule has 0 radical (unpaired) electrons. The summed E-state index contributed by atoms with van der Waals surface area (Å²) in [4.78, 5) is 0.276. The smallest absolute Gasteiger partial charge is 0.243 e. The summed E-state index contributed by atoms with van der Waals surface area (Å²) in [5.74, 6) is 6.91. The van der Waals surface area contributed by atoms with E-state index in [2.05, 4.69) is 41.6 Å². The Balaban J connectivity index is 1.96. The van der Waals surface area contributed by atoms with E-state index in [4.69, 9.17) is 0 Å². The van der Waals surface area contributed by atoms with Crippen molar-refractivity contribution >= 4 is 26.0 Å². The molecule has 0 aliphatic carbocycles. The second-order valence-corrected chi connectivity index (χ2v) is 12.2. The second kappa shape index (κ2) is 12.9. The molecule has 0 atom stereocenters. The summed E-state index contributed by atoms with van der Waals surface area (Å²) in [6.07, 6.45) is 10.8. The molecule has 1 N–H and O–H groups in total. The molecule has 0 saturated heterocycles. The van der Waals surface area contributed by atoms with Gasteiger partial charge in [-0.3, -0.25) is 0 Å². The first-order valence-electron chi connectivity index (χ1n) is 12.9. The van der Waals surface area contributed by atoms with Gasteiger partial charge in [0.1, 0.15) is 5.75 Å². The molecule has 0 amide bonds. The van der Waals surface area contributed by atoms with Crippen LogP contribution in [0.4, 0.5) is 0 Å². The molecule has 0 aromatic heterocycles. The Morgan fingerprint density at radius 3 is 2.23 bits per heavy atom. The van der Waals surface area contributed by atoms with Gasteiger partial charge in [0.15, 0.2) is 0 Å². The number of benzene rings is 2. The molecule has 0 bridgehead atoms. The van der Waals surface area contributed by atoms with E-state index in [1.54, 1.807) is 12.1 Å². The summed E-state index contributed by atoms with van der Waals surface area (Å²) in [5, 5.41) is 11.1. The topological polar surface area (TPSA) is 57.6 Å². The number of aryl methyl sites for hydroxylation is 1. The highest BCUT2D eigenvalue weighted by molar-refractivity contribution is 9.10. The van der Waals surface area contributed by atoms with Crippen molar-refractivity contribution in [3.05, 3.63) is 56.6 Å². The SMILES string of the molecule is CCCCCCC#Cc1c(CCCCCC)c(Br)c(O)c2c1CN(S(=O)(=O)c1ccc(C)cc1)C2. The highest BCUT2D eigenvalue weighted by Crippen LogP contribution is 2.43. The Morgan fingerprint density at radius 2 is 1.57 bits per heavy atom. The van der Waals surface area contributed by atoms with Crippen molar-refractivity contribution in [2.45, 2.75) is 103 Å². The maximum absolute atomic E-state index is 13.4. The Bertz CT molecular complexity index is 1180. The van der Waals surface area contributed by atoms with E-state index in [9.17, 15) is 13.5 Å². The van der Waals surface area contributed by atoms with Gasteiger partial charge in [0.05, 0.1) is 9.37 Å². The van der Waals surface area contributed by atoms with Gasteiger partial charge < -0.3 is 5.11 Å². The fourth-order valence-electron chi connectivity index (χ4n) is 4.55. The predicted octanol–water partition coefficient (Wildman–Crippen LogP) is 7.61. The van der Waals surface area contributed by atoms with E-state index in [0.29, 0.717) is 10.0 Å². The van der Waals surface area contributed by atoms with Crippen LogP contribution in [0.15, 0.2) is 33.6 Å². The van der Waals surface area contributed by atoms with Crippen LogP contribution in [0.2, 0.25) is 0 Å². The number of nitrogens with zero attached hydrogens (tertiary/aromatic N) is 1. The van der Waals surface area contributed by atoms with E-state index in [-0.39, 0.29) is 23.7 Å². The lowest BCUT2D eigenvalue weighted by molar-refractivity contribution is 0.421. The molecule has 1 aliphatic rings. The van der Waals surface area contributed by atoms with Gasteiger partial charge in [0.2, 0.25) is 10.0 Å². The van der Waals surface area contributed by atoms with E-state index in [1.807, 2.05) is 19.1 Å². The minimum Gasteiger partial charge on any atom is -0.506 e. The number of phenolic OH excluding ortho intramolecular Hbond substituents is 1. The molecule has 0 spiro atoms. The molecule has 6 heteroatoms. The number of halogens is 1. The van der Waals surface area contributed by atoms with E-state index in [0.717, 1.165) is 60.8 Å². The van der Waals surface area contributed by atoms with Crippen LogP contribution in [0.25, 0.3) is 0 Å². The Morgan fingerprint density at radius 1 is 0.943 bits per heavy atom. The molecule has 35 heavy (non-hydrogen) atoms. The number of rotatable bonds is 11. The van der Waals surface area contributed by atoms with Crippen LogP contribution in [-0.4, -0.2) is 17.8 Å². The van der Waals surface area contributed by atoms with Crippen molar-refractivity contribution in [1.29, 1.82) is 0 Å². The van der Waals surface area contributed by atoms with E-state index < -0.39 is 10.0 Å². The number of hydrogen-bond acceptors (Lipinski definition) is 3. The van der Waals surface area contributed by atoms with Crippen molar-refractivity contribution in [2.75, 3.05) is 0 Å². The zero-order valence-corrected chi connectivity index (χ0v) is 23.7. The van der Waals surface area contributed by atoms with Gasteiger partial charge in [-0.15, -0.1) is 0 Å². The van der Waals surface area contributed by atoms with Crippen LogP contribution in [0.3, 0.4) is 0 Å². The molecule has 2 aromatic carbocycles. The number of hydrogen-bond donors (Lipinski definition) is 1. The number of fused-ring (bicyclic) bond motifs is 1. The lowest BCUT2D eigenvalue weighted by atomic mass is 9.93. The average molecular weight is 561 g/mol. The zero-order chi connectivity index (χ0) is 25.4. The second-order valence-electron chi connectivity index (χ2n) is 9.48. The fraction of sp³-hybridized carbons (Fsp3) is 0.517. The summed E-state index contributed by atoms with van der Waals surface area (Å²) in [5.41, 5.74) is 4.44. The molecular formula is C29H38BrNO3S. The lowest BCUT2D eigenvalue weighted by Gasteiger charge is -2.16. The molecule has 1 aliphatic heterocycles. The van der Waals surface area contributed by atoms with Gasteiger partial charge in [-0.2, -0.15) is 4.31 Å². The first-order valence-corrected chi connectivity index (χ1v) is 15.1. The summed E-state index contributed by atoms with van der Waals surface area (Å²) < 4.78 is 28.9. The summed E-state index contributed by atoms with van der Waals surface area (Å²) in [6.45, 7) is 6.71. The van der Waals surface area contributed by atoms with Gasteiger partial charge in [-0.1, -0.05) is 81.9 Å². The van der Waals surface area contributed by atoms with Gasteiger partial charge >= 0.3 is 0 Å². The minimum absolute atomic E-state index is 0.150. The van der Waals surface area contributed by atoms with Crippen molar-refractivity contribution in [1.82, 2.24) is 4.31 Å². The molecule has 2 aromatic rings. The highest BCUT2D eigenvalue weighted by Gasteiger charge is 2.35. The Kier molecular flexibility index (Phi) is 10.3. The number of phenols is 1. The van der Waals surface area contributed by atoms with E-state index in [1.165, 1.54) is 30.0 Å². The van der Waals surface area contributed by atoms with Crippen molar-refractivity contribution in [3.8, 4) is 17.6 Å². The summed E-state index contributed by atoms with van der Waals surface area (Å²) in [7, 11) is -3.68. The van der Waals surface area contributed by atoms with Crippen LogP contribution in [0.1, 0.15) is 99.5 Å². The zero-order valence-electron chi connectivity index (χ0n) is 21.3. The first-order chi connectivity index (χ1) is 16.8. The van der Waals surface area contributed by atoms with Gasteiger partial charge in [0.25, 0.3) is 0 Å². The quantitative estimate of drug-likeness (QED) is 0.227. The van der Waals surface area contributed by atoms with Gasteiger partial charge in [-0.25, -0.2) is 8.42 Å². The van der Waals surface area contributed by atoms with Crippen LogP contribution < -0.4 is 0 Å². The number of aromatic hydroxyl groups is 1. The van der Waals surface area contributed by atoms with Crippen LogP contribution >= 0.6 is 15.9 Å². The van der Waals surface area contributed by atoms with Gasteiger partial charge in [-0.05, 0) is 65.4 Å². The average Bonchev–Trinajstić information content (AvgIpc) is 3.30. The van der Waals surface area contributed by atoms with Gasteiger partial charge in [0, 0.05) is 30.6 Å². The third-order valence-electron chi connectivity index (χ3n) is 6.70.